The molecular formula is C16H13NO4S. The van der Waals surface area contributed by atoms with Gasteiger partial charge < -0.3 is 15.2 Å². The Bertz CT molecular complexity index is 773. The van der Waals surface area contributed by atoms with Gasteiger partial charge in [-0.15, -0.1) is 0 Å². The third-order valence-corrected chi connectivity index (χ3v) is 4.33. The van der Waals surface area contributed by atoms with Crippen LogP contribution in [0.2, 0.25) is 0 Å². The minimum atomic E-state index is -0.963. The van der Waals surface area contributed by atoms with Gasteiger partial charge in [0.1, 0.15) is 0 Å². The minimum Gasteiger partial charge on any atom is -0.478 e. The molecule has 0 saturated heterocycles. The minimum absolute atomic E-state index is 0.234. The molecule has 22 heavy (non-hydrogen) atoms. The van der Waals surface area contributed by atoms with E-state index in [1.807, 2.05) is 6.07 Å². The smallest absolute Gasteiger partial charge is 0.338 e. The molecule has 0 amide bonds. The van der Waals surface area contributed by atoms with Gasteiger partial charge in [-0.05, 0) is 43.3 Å². The maximum absolute atomic E-state index is 11.8. The third-order valence-electron chi connectivity index (χ3n) is 3.21. The zero-order chi connectivity index (χ0) is 15.7. The van der Waals surface area contributed by atoms with Crippen LogP contribution in [0, 0.1) is 0 Å². The highest BCUT2D eigenvalue weighted by Gasteiger charge is 2.19. The van der Waals surface area contributed by atoms with Crippen molar-refractivity contribution in [3.8, 4) is 0 Å². The zero-order valence-electron chi connectivity index (χ0n) is 11.8. The zero-order valence-corrected chi connectivity index (χ0v) is 12.6. The number of anilines is 2. The van der Waals surface area contributed by atoms with Crippen molar-refractivity contribution in [2.45, 2.75) is 16.7 Å². The van der Waals surface area contributed by atoms with E-state index in [1.54, 1.807) is 37.3 Å². The molecule has 5 nitrogen and oxygen atoms in total. The van der Waals surface area contributed by atoms with Gasteiger partial charge in [-0.1, -0.05) is 11.8 Å². The van der Waals surface area contributed by atoms with E-state index in [4.69, 9.17) is 9.84 Å². The summed E-state index contributed by atoms with van der Waals surface area (Å²) in [5, 5.41) is 12.3. The first-order valence-electron chi connectivity index (χ1n) is 6.72. The number of benzene rings is 2. The Kier molecular flexibility index (Phi) is 3.77. The summed E-state index contributed by atoms with van der Waals surface area (Å²) in [5.74, 6) is -1.33. The predicted octanol–water partition coefficient (Wildman–Crippen LogP) is 3.77. The van der Waals surface area contributed by atoms with Crippen LogP contribution >= 0.6 is 11.8 Å². The lowest BCUT2D eigenvalue weighted by molar-refractivity contribution is 0.0525. The number of aromatic carboxylic acids is 1. The average molecular weight is 315 g/mol. The lowest BCUT2D eigenvalue weighted by Gasteiger charge is -2.21. The van der Waals surface area contributed by atoms with Crippen molar-refractivity contribution in [2.24, 2.45) is 0 Å². The average Bonchev–Trinajstić information content (AvgIpc) is 2.51. The molecule has 3 rings (SSSR count). The van der Waals surface area contributed by atoms with Crippen LogP contribution < -0.4 is 5.32 Å². The van der Waals surface area contributed by atoms with Crippen molar-refractivity contribution >= 4 is 35.1 Å². The number of ether oxygens (including phenoxy) is 1. The topological polar surface area (TPSA) is 75.6 Å². The first-order valence-corrected chi connectivity index (χ1v) is 7.53. The van der Waals surface area contributed by atoms with Gasteiger partial charge in [0.25, 0.3) is 0 Å². The maximum Gasteiger partial charge on any atom is 0.338 e. The quantitative estimate of drug-likeness (QED) is 0.717. The Morgan fingerprint density at radius 2 is 1.68 bits per heavy atom. The molecule has 0 atom stereocenters. The molecule has 0 fully saturated rings. The number of fused-ring (bicyclic) bond motifs is 2. The lowest BCUT2D eigenvalue weighted by atomic mass is 10.1. The first-order chi connectivity index (χ1) is 10.6. The Labute approximate surface area is 131 Å². The normalized spacial score (nSPS) is 11.9. The molecule has 2 aromatic carbocycles. The monoisotopic (exact) mass is 315 g/mol. The van der Waals surface area contributed by atoms with Crippen molar-refractivity contribution in [3.63, 3.8) is 0 Å². The van der Waals surface area contributed by atoms with Crippen LogP contribution in [-0.4, -0.2) is 23.7 Å². The fourth-order valence-electron chi connectivity index (χ4n) is 2.16. The van der Waals surface area contributed by atoms with E-state index in [-0.39, 0.29) is 11.5 Å². The second-order valence-corrected chi connectivity index (χ2v) is 5.76. The highest BCUT2D eigenvalue weighted by Crippen LogP contribution is 2.44. The Morgan fingerprint density at radius 1 is 1.09 bits per heavy atom. The Balaban J connectivity index is 1.94. The molecular weight excluding hydrogens is 302 g/mol. The second kappa shape index (κ2) is 5.73. The number of esters is 1. The van der Waals surface area contributed by atoms with Crippen LogP contribution in [0.1, 0.15) is 27.6 Å². The summed E-state index contributed by atoms with van der Waals surface area (Å²) in [7, 11) is 0. The number of carboxylic acids is 1. The molecule has 6 heteroatoms. The molecule has 112 valence electrons. The van der Waals surface area contributed by atoms with Crippen LogP contribution in [0.25, 0.3) is 0 Å². The summed E-state index contributed by atoms with van der Waals surface area (Å²) in [6.45, 7) is 2.09. The summed E-state index contributed by atoms with van der Waals surface area (Å²) in [5.41, 5.74) is 2.45. The Morgan fingerprint density at radius 3 is 2.27 bits per heavy atom. The van der Waals surface area contributed by atoms with Crippen molar-refractivity contribution in [1.29, 1.82) is 0 Å². The molecule has 2 N–H and O–H groups in total. The molecule has 0 unspecified atom stereocenters. The number of carboxylic acid groups (broad SMARTS) is 1. The standard InChI is InChI=1S/C16H13NO4S/c1-2-21-16(20)10-4-6-12-14(8-10)22-13-7-9(15(18)19)3-5-11(13)17-12/h3-8,17H,2H2,1H3,(H,18,19). The van der Waals surface area contributed by atoms with Crippen LogP contribution in [0.3, 0.4) is 0 Å². The molecule has 0 aromatic heterocycles. The van der Waals surface area contributed by atoms with Crippen molar-refractivity contribution < 1.29 is 19.4 Å². The van der Waals surface area contributed by atoms with Gasteiger partial charge in [0.2, 0.25) is 0 Å². The SMILES string of the molecule is CCOC(=O)c1ccc2c(c1)Sc1cc(C(=O)O)ccc1N2. The maximum atomic E-state index is 11.8. The molecule has 1 aliphatic heterocycles. The van der Waals surface area contributed by atoms with Crippen molar-refractivity contribution in [3.05, 3.63) is 47.5 Å². The molecule has 0 saturated carbocycles. The fourth-order valence-corrected chi connectivity index (χ4v) is 3.22. The van der Waals surface area contributed by atoms with E-state index < -0.39 is 5.97 Å². The summed E-state index contributed by atoms with van der Waals surface area (Å²) in [4.78, 5) is 24.5. The highest BCUT2D eigenvalue weighted by molar-refractivity contribution is 7.99. The van der Waals surface area contributed by atoms with E-state index in [9.17, 15) is 9.59 Å². The van der Waals surface area contributed by atoms with E-state index in [0.29, 0.717) is 12.2 Å². The van der Waals surface area contributed by atoms with E-state index in [1.165, 1.54) is 11.8 Å². The van der Waals surface area contributed by atoms with Crippen LogP contribution in [0.15, 0.2) is 46.2 Å². The van der Waals surface area contributed by atoms with E-state index in [0.717, 1.165) is 21.2 Å². The van der Waals surface area contributed by atoms with Crippen LogP contribution in [-0.2, 0) is 4.74 Å². The lowest BCUT2D eigenvalue weighted by Crippen LogP contribution is -2.07. The number of carbonyl (C=O) groups excluding carboxylic acids is 1. The first kappa shape index (κ1) is 14.5. The summed E-state index contributed by atoms with van der Waals surface area (Å²) in [6.07, 6.45) is 0. The number of nitrogens with one attached hydrogen (secondary N) is 1. The van der Waals surface area contributed by atoms with Gasteiger partial charge in [0.15, 0.2) is 0 Å². The van der Waals surface area contributed by atoms with Gasteiger partial charge in [-0.2, -0.15) is 0 Å². The third kappa shape index (κ3) is 2.65. The molecule has 1 aliphatic rings. The molecule has 0 radical (unpaired) electrons. The van der Waals surface area contributed by atoms with Crippen molar-refractivity contribution in [1.82, 2.24) is 0 Å². The van der Waals surface area contributed by atoms with Gasteiger partial charge in [-0.25, -0.2) is 9.59 Å². The summed E-state index contributed by atoms with van der Waals surface area (Å²) >= 11 is 1.43. The summed E-state index contributed by atoms with van der Waals surface area (Å²) < 4.78 is 4.99. The molecule has 1 heterocycles. The van der Waals surface area contributed by atoms with Gasteiger partial charge in [0, 0.05) is 9.79 Å². The number of hydrogen-bond donors (Lipinski definition) is 2. The predicted molar refractivity (Wildman–Crippen MR) is 83.2 cm³/mol. The van der Waals surface area contributed by atoms with Crippen LogP contribution in [0.5, 0.6) is 0 Å². The summed E-state index contributed by atoms with van der Waals surface area (Å²) in [6, 6.07) is 10.2. The van der Waals surface area contributed by atoms with E-state index >= 15 is 0 Å². The molecule has 0 bridgehead atoms. The number of hydrogen-bond acceptors (Lipinski definition) is 5. The van der Waals surface area contributed by atoms with Crippen LogP contribution in [0.4, 0.5) is 11.4 Å². The largest absolute Gasteiger partial charge is 0.478 e. The number of rotatable bonds is 3. The number of carbonyl (C=O) groups is 2. The molecule has 2 aromatic rings. The molecule has 0 aliphatic carbocycles. The van der Waals surface area contributed by atoms with E-state index in [2.05, 4.69) is 5.32 Å². The van der Waals surface area contributed by atoms with Gasteiger partial charge in [0.05, 0.1) is 29.1 Å². The highest BCUT2D eigenvalue weighted by atomic mass is 32.2. The fraction of sp³-hybridized carbons (Fsp3) is 0.125. The second-order valence-electron chi connectivity index (χ2n) is 4.67. The van der Waals surface area contributed by atoms with Gasteiger partial charge in [-0.3, -0.25) is 0 Å². The molecule has 0 spiro atoms. The van der Waals surface area contributed by atoms with Crippen molar-refractivity contribution in [2.75, 3.05) is 11.9 Å². The van der Waals surface area contributed by atoms with Gasteiger partial charge >= 0.3 is 11.9 Å². The Hall–Kier alpha value is -2.47.